The second kappa shape index (κ2) is 13.8. The summed E-state index contributed by atoms with van der Waals surface area (Å²) >= 11 is 0. The minimum Gasteiger partial charge on any atom is -0.457 e. The Morgan fingerprint density at radius 1 is 1.07 bits per heavy atom. The number of likely N-dealkylation sites (tertiary alicyclic amines) is 2. The molecule has 3 aromatic rings. The molecule has 1 saturated carbocycles. The number of hydrogen-bond acceptors (Lipinski definition) is 7. The number of halogens is 1. The van der Waals surface area contributed by atoms with Crippen LogP contribution in [0.1, 0.15) is 80.4 Å². The average molecular weight is 630 g/mol. The average Bonchev–Trinajstić information content (AvgIpc) is 3.34. The van der Waals surface area contributed by atoms with Gasteiger partial charge in [-0.2, -0.15) is 10.2 Å². The predicted octanol–water partition coefficient (Wildman–Crippen LogP) is 5.94. The Balaban J connectivity index is 1.17. The highest BCUT2D eigenvalue weighted by Gasteiger charge is 2.36. The first-order chi connectivity index (χ1) is 22.2. The fourth-order valence-electron chi connectivity index (χ4n) is 6.64. The quantitative estimate of drug-likeness (QED) is 0.297. The third-order valence-corrected chi connectivity index (χ3v) is 9.60. The van der Waals surface area contributed by atoms with E-state index in [9.17, 15) is 9.59 Å². The molecule has 10 heteroatoms. The van der Waals surface area contributed by atoms with Crippen LogP contribution >= 0.6 is 0 Å². The maximum atomic E-state index is 15.6. The topological polar surface area (TPSA) is 96.9 Å². The summed E-state index contributed by atoms with van der Waals surface area (Å²) in [4.78, 5) is 30.2. The van der Waals surface area contributed by atoms with E-state index in [1.165, 1.54) is 12.1 Å². The second-order valence-electron chi connectivity index (χ2n) is 13.4. The summed E-state index contributed by atoms with van der Waals surface area (Å²) in [5.41, 5.74) is 3.00. The van der Waals surface area contributed by atoms with Crippen LogP contribution in [0.5, 0.6) is 11.5 Å². The molecule has 1 aromatic heterocycles. The van der Waals surface area contributed by atoms with Gasteiger partial charge in [-0.15, -0.1) is 0 Å². The molecule has 2 aliphatic heterocycles. The van der Waals surface area contributed by atoms with E-state index in [1.807, 2.05) is 43.3 Å². The molecule has 9 nitrogen and oxygen atoms in total. The lowest BCUT2D eigenvalue weighted by Crippen LogP contribution is -2.53. The molecule has 1 unspecified atom stereocenters. The van der Waals surface area contributed by atoms with Crippen LogP contribution < -0.4 is 10.1 Å². The summed E-state index contributed by atoms with van der Waals surface area (Å²) in [5.74, 6) is 0.337. The van der Waals surface area contributed by atoms with E-state index in [2.05, 4.69) is 34.3 Å². The number of ether oxygens (including phenoxy) is 2. The molecule has 0 bridgehead atoms. The van der Waals surface area contributed by atoms with E-state index in [0.717, 1.165) is 55.7 Å². The molecule has 3 fully saturated rings. The van der Waals surface area contributed by atoms with Crippen LogP contribution in [0.4, 0.5) is 4.39 Å². The van der Waals surface area contributed by atoms with Crippen LogP contribution in [0.3, 0.4) is 0 Å². The molecule has 2 saturated heterocycles. The van der Waals surface area contributed by atoms with Crippen molar-refractivity contribution in [1.82, 2.24) is 25.3 Å². The molecular weight excluding hydrogens is 585 g/mol. The number of rotatable bonds is 10. The Labute approximate surface area is 270 Å². The number of methoxy groups -OCH3 is 1. The van der Waals surface area contributed by atoms with Crippen LogP contribution in [-0.4, -0.2) is 76.7 Å². The molecule has 6 rings (SSSR count). The van der Waals surface area contributed by atoms with Gasteiger partial charge in [-0.25, -0.2) is 4.39 Å². The van der Waals surface area contributed by atoms with Crippen LogP contribution in [0.15, 0.2) is 48.5 Å². The third-order valence-electron chi connectivity index (χ3n) is 9.60. The van der Waals surface area contributed by atoms with Gasteiger partial charge in [0, 0.05) is 62.9 Å². The summed E-state index contributed by atoms with van der Waals surface area (Å²) < 4.78 is 27.3. The van der Waals surface area contributed by atoms with E-state index < -0.39 is 11.7 Å². The molecule has 0 spiro atoms. The van der Waals surface area contributed by atoms with Crippen molar-refractivity contribution >= 4 is 11.8 Å². The van der Waals surface area contributed by atoms with Gasteiger partial charge in [0.2, 0.25) is 5.91 Å². The summed E-state index contributed by atoms with van der Waals surface area (Å²) in [6.45, 7) is 8.77. The van der Waals surface area contributed by atoms with Crippen molar-refractivity contribution in [2.45, 2.75) is 83.5 Å². The Kier molecular flexibility index (Phi) is 9.65. The van der Waals surface area contributed by atoms with Gasteiger partial charge in [0.1, 0.15) is 17.3 Å². The lowest BCUT2D eigenvalue weighted by molar-refractivity contribution is -0.128. The van der Waals surface area contributed by atoms with Gasteiger partial charge >= 0.3 is 0 Å². The maximum absolute atomic E-state index is 15.6. The molecular formula is C36H44FN5O4. The highest BCUT2D eigenvalue weighted by Crippen LogP contribution is 2.33. The lowest BCUT2D eigenvalue weighted by Gasteiger charge is -2.45. The highest BCUT2D eigenvalue weighted by atomic mass is 19.1. The first-order valence-electron chi connectivity index (χ1n) is 16.5. The van der Waals surface area contributed by atoms with E-state index in [-0.39, 0.29) is 30.0 Å². The van der Waals surface area contributed by atoms with Crippen molar-refractivity contribution in [3.8, 4) is 22.8 Å². The first kappa shape index (κ1) is 32.1. The minimum absolute atomic E-state index is 0.0283. The normalized spacial score (nSPS) is 22.3. The molecule has 1 aliphatic carbocycles. The van der Waals surface area contributed by atoms with Gasteiger partial charge in [0.15, 0.2) is 0 Å². The number of nitrogens with zero attached hydrogens (tertiary/aromatic N) is 4. The number of nitrogens with one attached hydrogen (secondary N) is 1. The molecule has 3 aliphatic rings. The zero-order chi connectivity index (χ0) is 32.4. The summed E-state index contributed by atoms with van der Waals surface area (Å²) in [6, 6.07) is 14.7. The Bertz CT molecular complexity index is 1530. The summed E-state index contributed by atoms with van der Waals surface area (Å²) in [7, 11) is 1.76. The van der Waals surface area contributed by atoms with Crippen LogP contribution in [0.2, 0.25) is 0 Å². The third kappa shape index (κ3) is 7.23. The van der Waals surface area contributed by atoms with Gasteiger partial charge in [-0.1, -0.05) is 20.8 Å². The summed E-state index contributed by atoms with van der Waals surface area (Å²) in [6.07, 6.45) is 4.56. The van der Waals surface area contributed by atoms with E-state index in [1.54, 1.807) is 12.0 Å². The number of carbonyl (C=O) groups excluding carboxylic acids is 2. The van der Waals surface area contributed by atoms with Gasteiger partial charge in [-0.3, -0.25) is 9.59 Å². The molecule has 244 valence electrons. The van der Waals surface area contributed by atoms with Crippen molar-refractivity contribution < 1.29 is 23.5 Å². The predicted molar refractivity (Wildman–Crippen MR) is 173 cm³/mol. The fourth-order valence-corrected chi connectivity index (χ4v) is 6.64. The zero-order valence-corrected chi connectivity index (χ0v) is 27.2. The number of amides is 2. The lowest BCUT2D eigenvalue weighted by atomic mass is 9.86. The Morgan fingerprint density at radius 2 is 1.80 bits per heavy atom. The largest absolute Gasteiger partial charge is 0.457 e. The Morgan fingerprint density at radius 3 is 2.41 bits per heavy atom. The van der Waals surface area contributed by atoms with E-state index >= 15 is 4.39 Å². The van der Waals surface area contributed by atoms with Crippen molar-refractivity contribution in [1.29, 1.82) is 0 Å². The molecule has 0 radical (unpaired) electrons. The van der Waals surface area contributed by atoms with Gasteiger partial charge < -0.3 is 24.6 Å². The molecule has 2 amide bonds. The van der Waals surface area contributed by atoms with Crippen LogP contribution in [0, 0.1) is 11.7 Å². The first-order valence-corrected chi connectivity index (χ1v) is 16.5. The fraction of sp³-hybridized carbons (Fsp3) is 0.500. The van der Waals surface area contributed by atoms with Crippen molar-refractivity contribution in [2.75, 3.05) is 26.7 Å². The summed E-state index contributed by atoms with van der Waals surface area (Å²) in [5, 5.41) is 11.7. The van der Waals surface area contributed by atoms with Crippen LogP contribution in [-0.2, 0) is 16.1 Å². The van der Waals surface area contributed by atoms with Crippen LogP contribution in [0.25, 0.3) is 11.3 Å². The SMILES string of the molecule is COC1CC(N2CCC(NC(=O)c3cc(Oc4ccc(-c5ccc(C(C)C)nn5)cc4)c(CN4CC(C)CC4=O)cc3F)CC2)C1. The van der Waals surface area contributed by atoms with Crippen molar-refractivity contribution in [3.05, 3.63) is 71.2 Å². The van der Waals surface area contributed by atoms with Crippen molar-refractivity contribution in [3.63, 3.8) is 0 Å². The smallest absolute Gasteiger partial charge is 0.254 e. The maximum Gasteiger partial charge on any atom is 0.254 e. The van der Waals surface area contributed by atoms with Gasteiger partial charge in [0.05, 0.1) is 23.1 Å². The number of benzene rings is 2. The Hall–Kier alpha value is -3.89. The monoisotopic (exact) mass is 629 g/mol. The zero-order valence-electron chi connectivity index (χ0n) is 27.2. The minimum atomic E-state index is -0.629. The molecule has 46 heavy (non-hydrogen) atoms. The van der Waals surface area contributed by atoms with Gasteiger partial charge in [-0.05, 0) is 86.1 Å². The number of carbonyl (C=O) groups is 2. The molecule has 1 atom stereocenters. The van der Waals surface area contributed by atoms with E-state index in [4.69, 9.17) is 9.47 Å². The standard InChI is InChI=1S/C36H44FN5O4/c1-22(2)32-9-10-33(40-39-32)24-5-7-28(8-6-24)46-34-19-30(31(37)16-25(34)21-42-20-23(3)15-35(42)43)36(44)38-26-11-13-41(14-12-26)27-17-29(18-27)45-4/h5-10,16,19,22-23,26-27,29H,11-15,17-18,20-21H2,1-4H3,(H,38,44). The molecule has 2 aromatic carbocycles. The van der Waals surface area contributed by atoms with Crippen molar-refractivity contribution in [2.24, 2.45) is 5.92 Å². The van der Waals surface area contributed by atoms with E-state index in [0.29, 0.717) is 48.1 Å². The number of aromatic nitrogens is 2. The highest BCUT2D eigenvalue weighted by molar-refractivity contribution is 5.95. The van der Waals surface area contributed by atoms with Gasteiger partial charge in [0.25, 0.3) is 5.91 Å². The molecule has 3 heterocycles. The number of hydrogen-bond donors (Lipinski definition) is 1. The molecule has 1 N–H and O–H groups in total. The second-order valence-corrected chi connectivity index (χ2v) is 13.4. The number of piperidine rings is 1.